The molecule has 1 aliphatic carbocycles. The van der Waals surface area contributed by atoms with Crippen molar-refractivity contribution in [3.05, 3.63) is 0 Å². The Balaban J connectivity index is 1.82. The van der Waals surface area contributed by atoms with Crippen LogP contribution in [0.25, 0.3) is 0 Å². The Bertz CT molecular complexity index is 477. The molecule has 6 nitrogen and oxygen atoms in total. The van der Waals surface area contributed by atoms with Crippen LogP contribution in [0.4, 0.5) is 0 Å². The van der Waals surface area contributed by atoms with Crippen molar-refractivity contribution >= 4 is 11.1 Å². The first-order valence-corrected chi connectivity index (χ1v) is 9.47. The van der Waals surface area contributed by atoms with E-state index in [4.69, 9.17) is 23.1 Å². The molecule has 0 amide bonds. The van der Waals surface area contributed by atoms with Gasteiger partial charge in [-0.15, -0.1) is 0 Å². The minimum absolute atomic E-state index is 0.0562. The Morgan fingerprint density at radius 1 is 1.00 bits per heavy atom. The largest absolute Gasteiger partial charge is 0.350 e. The molecule has 6 atom stereocenters. The summed E-state index contributed by atoms with van der Waals surface area (Å²) in [7, 11) is 0. The van der Waals surface area contributed by atoms with Crippen LogP contribution < -0.4 is 0 Å². The molecule has 3 fully saturated rings. The molecule has 0 aromatic rings. The standard InChI is InChI=1S/C16H28O6S/c1-9(2)23(17)22-11-7-10-8-18-15(3,4)19-12(10)14-13(11)20-16(5,6)21-14/h9-14H,7-8H2,1-6H3/t10-,11?,12-,13+,14+,23?/m1/s1. The molecule has 0 radical (unpaired) electrons. The van der Waals surface area contributed by atoms with Gasteiger partial charge in [0.2, 0.25) is 0 Å². The van der Waals surface area contributed by atoms with E-state index in [9.17, 15) is 4.21 Å². The maximum absolute atomic E-state index is 12.2. The number of rotatable bonds is 3. The predicted octanol–water partition coefficient (Wildman–Crippen LogP) is 2.14. The second kappa shape index (κ2) is 6.04. The van der Waals surface area contributed by atoms with Gasteiger partial charge >= 0.3 is 0 Å². The lowest BCUT2D eigenvalue weighted by atomic mass is 9.80. The molecule has 0 spiro atoms. The minimum atomic E-state index is -1.35. The fourth-order valence-corrected chi connectivity index (χ4v) is 4.17. The molecule has 2 heterocycles. The SMILES string of the molecule is CC(C)S(=O)OC1C[C@@H]2COC(C)(C)O[C@H]2[C@@H]2OC(C)(C)O[C@@H]12. The Morgan fingerprint density at radius 2 is 1.61 bits per heavy atom. The molecule has 0 bridgehead atoms. The molecule has 2 saturated heterocycles. The Labute approximate surface area is 140 Å². The second-order valence-corrected chi connectivity index (χ2v) is 9.45. The van der Waals surface area contributed by atoms with E-state index in [0.717, 1.165) is 0 Å². The lowest BCUT2D eigenvalue weighted by molar-refractivity contribution is -0.321. The Kier molecular flexibility index (Phi) is 4.66. The summed E-state index contributed by atoms with van der Waals surface area (Å²) in [6, 6.07) is 0. The molecule has 134 valence electrons. The van der Waals surface area contributed by atoms with E-state index in [-0.39, 0.29) is 35.6 Å². The number of fused-ring (bicyclic) bond motifs is 3. The van der Waals surface area contributed by atoms with Crippen molar-refractivity contribution < 1.29 is 27.3 Å². The first-order chi connectivity index (χ1) is 10.6. The lowest BCUT2D eigenvalue weighted by Crippen LogP contribution is -2.60. The molecule has 0 aromatic heterocycles. The highest BCUT2D eigenvalue weighted by atomic mass is 32.2. The van der Waals surface area contributed by atoms with Gasteiger partial charge in [-0.2, -0.15) is 0 Å². The van der Waals surface area contributed by atoms with Gasteiger partial charge in [0, 0.05) is 5.92 Å². The highest BCUT2D eigenvalue weighted by Gasteiger charge is 2.58. The molecular formula is C16H28O6S. The van der Waals surface area contributed by atoms with E-state index in [1.54, 1.807) is 0 Å². The number of hydrogen-bond acceptors (Lipinski definition) is 6. The zero-order valence-corrected chi connectivity index (χ0v) is 15.6. The van der Waals surface area contributed by atoms with Crippen LogP contribution in [-0.2, 0) is 34.2 Å². The molecule has 1 saturated carbocycles. The van der Waals surface area contributed by atoms with Crippen molar-refractivity contribution in [1.29, 1.82) is 0 Å². The molecule has 3 rings (SSSR count). The lowest BCUT2D eigenvalue weighted by Gasteiger charge is -2.48. The molecule has 0 N–H and O–H groups in total. The van der Waals surface area contributed by atoms with Crippen LogP contribution in [0.5, 0.6) is 0 Å². The van der Waals surface area contributed by atoms with Gasteiger partial charge in [-0.1, -0.05) is 0 Å². The molecule has 23 heavy (non-hydrogen) atoms. The topological polar surface area (TPSA) is 63.2 Å². The predicted molar refractivity (Wildman–Crippen MR) is 85.0 cm³/mol. The van der Waals surface area contributed by atoms with E-state index in [0.29, 0.717) is 13.0 Å². The van der Waals surface area contributed by atoms with Crippen molar-refractivity contribution in [2.75, 3.05) is 6.61 Å². The fraction of sp³-hybridized carbons (Fsp3) is 1.00. The molecule has 2 unspecified atom stereocenters. The van der Waals surface area contributed by atoms with Gasteiger partial charge in [-0.25, -0.2) is 4.21 Å². The zero-order chi connectivity index (χ0) is 17.0. The summed E-state index contributed by atoms with van der Waals surface area (Å²) >= 11 is -1.35. The summed E-state index contributed by atoms with van der Waals surface area (Å²) in [6.45, 7) is 11.9. The third-order valence-electron chi connectivity index (χ3n) is 4.52. The maximum Gasteiger partial charge on any atom is 0.164 e. The van der Waals surface area contributed by atoms with Crippen molar-refractivity contribution in [2.24, 2.45) is 5.92 Å². The molecular weight excluding hydrogens is 320 g/mol. The van der Waals surface area contributed by atoms with Crippen molar-refractivity contribution in [1.82, 2.24) is 0 Å². The minimum Gasteiger partial charge on any atom is -0.350 e. The van der Waals surface area contributed by atoms with Gasteiger partial charge in [0.05, 0.1) is 18.0 Å². The van der Waals surface area contributed by atoms with Gasteiger partial charge in [-0.3, -0.25) is 4.18 Å². The van der Waals surface area contributed by atoms with E-state index in [2.05, 4.69) is 0 Å². The van der Waals surface area contributed by atoms with Crippen LogP contribution in [0.2, 0.25) is 0 Å². The van der Waals surface area contributed by atoms with Gasteiger partial charge in [0.1, 0.15) is 18.3 Å². The average Bonchev–Trinajstić information content (AvgIpc) is 2.75. The first kappa shape index (κ1) is 17.8. The van der Waals surface area contributed by atoms with E-state index < -0.39 is 22.7 Å². The van der Waals surface area contributed by atoms with Crippen LogP contribution in [-0.4, -0.2) is 52.1 Å². The smallest absolute Gasteiger partial charge is 0.164 e. The van der Waals surface area contributed by atoms with Crippen LogP contribution in [0.15, 0.2) is 0 Å². The van der Waals surface area contributed by atoms with E-state index in [1.807, 2.05) is 41.5 Å². The highest BCUT2D eigenvalue weighted by Crippen LogP contribution is 2.45. The van der Waals surface area contributed by atoms with Gasteiger partial charge in [-0.05, 0) is 48.0 Å². The van der Waals surface area contributed by atoms with Crippen molar-refractivity contribution in [3.8, 4) is 0 Å². The normalized spacial score (nSPS) is 43.0. The molecule has 2 aliphatic heterocycles. The quantitative estimate of drug-likeness (QED) is 0.779. The average molecular weight is 348 g/mol. The third-order valence-corrected chi connectivity index (χ3v) is 5.73. The number of hydrogen-bond donors (Lipinski definition) is 0. The van der Waals surface area contributed by atoms with Crippen molar-refractivity contribution in [2.45, 2.75) is 89.2 Å². The maximum atomic E-state index is 12.2. The summed E-state index contributed by atoms with van der Waals surface area (Å²) in [6.07, 6.45) is -0.193. The first-order valence-electron chi connectivity index (χ1n) is 8.33. The van der Waals surface area contributed by atoms with Gasteiger partial charge < -0.3 is 18.9 Å². The molecule has 3 aliphatic rings. The third kappa shape index (κ3) is 3.65. The molecule has 0 aromatic carbocycles. The van der Waals surface area contributed by atoms with E-state index >= 15 is 0 Å². The summed E-state index contributed by atoms with van der Waals surface area (Å²) < 4.78 is 42.1. The number of ether oxygens (including phenoxy) is 4. The summed E-state index contributed by atoms with van der Waals surface area (Å²) in [4.78, 5) is 0. The van der Waals surface area contributed by atoms with Gasteiger partial charge in [0.25, 0.3) is 0 Å². The van der Waals surface area contributed by atoms with Gasteiger partial charge in [0.15, 0.2) is 22.7 Å². The summed E-state index contributed by atoms with van der Waals surface area (Å²) in [5.74, 6) is -1.18. The summed E-state index contributed by atoms with van der Waals surface area (Å²) in [5, 5.41) is -0.0562. The summed E-state index contributed by atoms with van der Waals surface area (Å²) in [5.41, 5.74) is 0. The fourth-order valence-electron chi connectivity index (χ4n) is 3.52. The Hall–Kier alpha value is -0.0500. The monoisotopic (exact) mass is 348 g/mol. The van der Waals surface area contributed by atoms with E-state index in [1.165, 1.54) is 0 Å². The van der Waals surface area contributed by atoms with Crippen LogP contribution in [0.1, 0.15) is 48.0 Å². The highest BCUT2D eigenvalue weighted by molar-refractivity contribution is 7.80. The van der Waals surface area contributed by atoms with Crippen LogP contribution in [0, 0.1) is 5.92 Å². The van der Waals surface area contributed by atoms with Crippen LogP contribution >= 0.6 is 0 Å². The zero-order valence-electron chi connectivity index (χ0n) is 14.7. The Morgan fingerprint density at radius 3 is 2.26 bits per heavy atom. The van der Waals surface area contributed by atoms with Crippen molar-refractivity contribution in [3.63, 3.8) is 0 Å². The molecule has 7 heteroatoms. The van der Waals surface area contributed by atoms with Crippen LogP contribution in [0.3, 0.4) is 0 Å². The second-order valence-electron chi connectivity index (χ2n) is 7.80.